The van der Waals surface area contributed by atoms with Gasteiger partial charge < -0.3 is 5.32 Å². The largest absolute Gasteiger partial charge is 0.325 e. The van der Waals surface area contributed by atoms with Gasteiger partial charge in [0.2, 0.25) is 5.91 Å². The summed E-state index contributed by atoms with van der Waals surface area (Å²) in [5.74, 6) is -0.0945. The molecule has 1 aromatic heterocycles. The van der Waals surface area contributed by atoms with E-state index in [1.807, 2.05) is 31.2 Å². The number of aryl methyl sites for hydroxylation is 1. The van der Waals surface area contributed by atoms with Crippen LogP contribution >= 0.6 is 0 Å². The summed E-state index contributed by atoms with van der Waals surface area (Å²) in [6.45, 7) is 8.39. The van der Waals surface area contributed by atoms with Crippen LogP contribution in [-0.4, -0.2) is 20.8 Å². The molecule has 2 aliphatic carbocycles. The van der Waals surface area contributed by atoms with Gasteiger partial charge in [-0.15, -0.1) is 0 Å². The number of aromatic nitrogens is 2. The lowest BCUT2D eigenvalue weighted by atomic mass is 9.63. The average Bonchev–Trinajstić information content (AvgIpc) is 3.03. The van der Waals surface area contributed by atoms with Gasteiger partial charge in [-0.25, -0.2) is 9.97 Å². The quantitative estimate of drug-likeness (QED) is 0.488. The first-order valence-corrected chi connectivity index (χ1v) is 10.5. The molecule has 0 aliphatic heterocycles. The van der Waals surface area contributed by atoms with Gasteiger partial charge in [-0.05, 0) is 43.4 Å². The number of amides is 1. The summed E-state index contributed by atoms with van der Waals surface area (Å²) in [4.78, 5) is 34.4. The van der Waals surface area contributed by atoms with Crippen LogP contribution in [0.3, 0.4) is 0 Å². The molecule has 1 N–H and O–H groups in total. The molecule has 158 valence electrons. The fourth-order valence-corrected chi connectivity index (χ4v) is 5.58. The molecule has 1 heterocycles. The van der Waals surface area contributed by atoms with Crippen LogP contribution in [0.1, 0.15) is 50.6 Å². The highest BCUT2D eigenvalue weighted by atomic mass is 16.6. The van der Waals surface area contributed by atoms with Crippen molar-refractivity contribution in [1.82, 2.24) is 9.97 Å². The van der Waals surface area contributed by atoms with Crippen LogP contribution in [-0.2, 0) is 15.6 Å². The zero-order valence-electron chi connectivity index (χ0n) is 18.0. The Kier molecular flexibility index (Phi) is 3.85. The molecule has 2 aromatic carbocycles. The van der Waals surface area contributed by atoms with E-state index >= 15 is 0 Å². The normalized spacial score (nSPS) is 25.4. The Morgan fingerprint density at radius 3 is 2.35 bits per heavy atom. The Morgan fingerprint density at radius 1 is 1.00 bits per heavy atom. The zero-order valence-corrected chi connectivity index (χ0v) is 18.0. The lowest BCUT2D eigenvalue weighted by Gasteiger charge is -2.39. The number of nitrogens with zero attached hydrogens (tertiary/aromatic N) is 3. The highest BCUT2D eigenvalue weighted by Crippen LogP contribution is 2.70. The monoisotopic (exact) mass is 416 g/mol. The third-order valence-electron chi connectivity index (χ3n) is 7.93. The Morgan fingerprint density at radius 2 is 1.68 bits per heavy atom. The topological polar surface area (TPSA) is 98.0 Å². The number of nitro benzene ring substituents is 1. The van der Waals surface area contributed by atoms with E-state index in [-0.39, 0.29) is 17.0 Å². The molecular formula is C24H24N4O3. The zero-order chi connectivity index (χ0) is 22.2. The van der Waals surface area contributed by atoms with E-state index < -0.39 is 15.8 Å². The van der Waals surface area contributed by atoms with Crippen LogP contribution in [0.15, 0.2) is 42.5 Å². The third kappa shape index (κ3) is 2.37. The van der Waals surface area contributed by atoms with Crippen molar-refractivity contribution in [1.29, 1.82) is 0 Å². The number of anilines is 1. The van der Waals surface area contributed by atoms with Crippen LogP contribution in [0.25, 0.3) is 11.0 Å². The highest BCUT2D eigenvalue weighted by Gasteiger charge is 2.73. The van der Waals surface area contributed by atoms with Gasteiger partial charge in [-0.3, -0.25) is 14.9 Å². The molecule has 2 unspecified atom stereocenters. The van der Waals surface area contributed by atoms with Crippen molar-refractivity contribution in [2.24, 2.45) is 5.41 Å². The Balaban J connectivity index is 1.69. The molecule has 2 bridgehead atoms. The Bertz CT molecular complexity index is 1270. The number of hydrogen-bond donors (Lipinski definition) is 1. The number of nitro groups is 1. The van der Waals surface area contributed by atoms with Crippen molar-refractivity contribution in [3.05, 3.63) is 69.5 Å². The first kappa shape index (κ1) is 19.6. The smallest absolute Gasteiger partial charge is 0.271 e. The third-order valence-corrected chi connectivity index (χ3v) is 7.93. The maximum atomic E-state index is 13.8. The molecule has 2 atom stereocenters. The van der Waals surface area contributed by atoms with E-state index in [0.717, 1.165) is 23.4 Å². The SMILES string of the molecule is Cc1ccc(NC(=O)C23CCC(C)(c4nc5ccc([N+](=O)[O-])cc5nc42)C3(C)C)cc1. The second-order valence-electron chi connectivity index (χ2n) is 9.53. The summed E-state index contributed by atoms with van der Waals surface area (Å²) in [5, 5.41) is 14.4. The molecule has 0 radical (unpaired) electrons. The van der Waals surface area contributed by atoms with E-state index in [2.05, 4.69) is 26.1 Å². The predicted molar refractivity (Wildman–Crippen MR) is 118 cm³/mol. The number of fused-ring (bicyclic) bond motifs is 6. The summed E-state index contributed by atoms with van der Waals surface area (Å²) >= 11 is 0. The van der Waals surface area contributed by atoms with E-state index in [1.165, 1.54) is 12.1 Å². The molecule has 3 aromatic rings. The van der Waals surface area contributed by atoms with Gasteiger partial charge in [-0.1, -0.05) is 38.5 Å². The summed E-state index contributed by atoms with van der Waals surface area (Å²) in [6.07, 6.45) is 1.50. The van der Waals surface area contributed by atoms with Crippen molar-refractivity contribution in [3.63, 3.8) is 0 Å². The molecule has 31 heavy (non-hydrogen) atoms. The number of hydrogen-bond acceptors (Lipinski definition) is 5. The van der Waals surface area contributed by atoms with E-state index in [4.69, 9.17) is 9.97 Å². The minimum absolute atomic E-state index is 0.0338. The second kappa shape index (κ2) is 6.09. The summed E-state index contributed by atoms with van der Waals surface area (Å²) in [7, 11) is 0. The van der Waals surface area contributed by atoms with Crippen LogP contribution in [0, 0.1) is 22.5 Å². The summed E-state index contributed by atoms with van der Waals surface area (Å²) < 4.78 is 0. The van der Waals surface area contributed by atoms with Crippen molar-refractivity contribution in [2.75, 3.05) is 5.32 Å². The molecule has 1 amide bonds. The van der Waals surface area contributed by atoms with Crippen molar-refractivity contribution >= 4 is 28.3 Å². The van der Waals surface area contributed by atoms with Gasteiger partial charge in [0.05, 0.1) is 32.8 Å². The Hall–Kier alpha value is -3.35. The predicted octanol–water partition coefficient (Wildman–Crippen LogP) is 4.81. The molecule has 1 fully saturated rings. The van der Waals surface area contributed by atoms with Crippen LogP contribution < -0.4 is 5.32 Å². The maximum absolute atomic E-state index is 13.8. The fourth-order valence-electron chi connectivity index (χ4n) is 5.58. The van der Waals surface area contributed by atoms with Crippen molar-refractivity contribution < 1.29 is 9.72 Å². The average molecular weight is 416 g/mol. The number of benzene rings is 2. The first-order valence-electron chi connectivity index (χ1n) is 10.5. The van der Waals surface area contributed by atoms with Crippen molar-refractivity contribution in [2.45, 2.75) is 51.4 Å². The number of carbonyl (C=O) groups is 1. The number of nitrogens with one attached hydrogen (secondary N) is 1. The molecule has 1 saturated carbocycles. The minimum atomic E-state index is -0.853. The molecular weight excluding hydrogens is 392 g/mol. The molecule has 7 nitrogen and oxygen atoms in total. The Labute approximate surface area is 180 Å². The summed E-state index contributed by atoms with van der Waals surface area (Å²) in [6, 6.07) is 12.3. The standard InChI is InChI=1S/C24H24N4O3/c1-14-5-7-15(8-6-14)25-21(29)24-12-11-23(4,22(24,2)3)19-20(24)27-18-13-16(28(30)31)9-10-17(18)26-19/h5-10,13H,11-12H2,1-4H3,(H,25,29). The molecule has 7 heteroatoms. The summed E-state index contributed by atoms with van der Waals surface area (Å²) in [5.41, 5.74) is 2.80. The fraction of sp³-hybridized carbons (Fsp3) is 0.375. The number of carbonyl (C=O) groups excluding carboxylic acids is 1. The lowest BCUT2D eigenvalue weighted by Crippen LogP contribution is -2.48. The lowest BCUT2D eigenvalue weighted by molar-refractivity contribution is -0.384. The second-order valence-corrected chi connectivity index (χ2v) is 9.53. The van der Waals surface area contributed by atoms with Crippen molar-refractivity contribution in [3.8, 4) is 0 Å². The number of non-ortho nitro benzene ring substituents is 1. The van der Waals surface area contributed by atoms with Gasteiger partial charge in [0.15, 0.2) is 0 Å². The van der Waals surface area contributed by atoms with E-state index in [1.54, 1.807) is 6.07 Å². The van der Waals surface area contributed by atoms with Gasteiger partial charge >= 0.3 is 0 Å². The number of rotatable bonds is 3. The molecule has 2 aliphatic rings. The van der Waals surface area contributed by atoms with Gasteiger partial charge in [0, 0.05) is 23.2 Å². The van der Waals surface area contributed by atoms with Gasteiger partial charge in [0.25, 0.3) is 5.69 Å². The highest BCUT2D eigenvalue weighted by molar-refractivity contribution is 6.02. The first-order chi connectivity index (χ1) is 14.6. The maximum Gasteiger partial charge on any atom is 0.271 e. The molecule has 0 saturated heterocycles. The molecule has 5 rings (SSSR count). The van der Waals surface area contributed by atoms with E-state index in [0.29, 0.717) is 23.1 Å². The van der Waals surface area contributed by atoms with Crippen LogP contribution in [0.5, 0.6) is 0 Å². The minimum Gasteiger partial charge on any atom is -0.325 e. The van der Waals surface area contributed by atoms with Gasteiger partial charge in [-0.2, -0.15) is 0 Å². The van der Waals surface area contributed by atoms with Gasteiger partial charge in [0.1, 0.15) is 0 Å². The molecule has 0 spiro atoms. The van der Waals surface area contributed by atoms with Crippen LogP contribution in [0.4, 0.5) is 11.4 Å². The van der Waals surface area contributed by atoms with E-state index in [9.17, 15) is 14.9 Å². The van der Waals surface area contributed by atoms with Crippen LogP contribution in [0.2, 0.25) is 0 Å².